The van der Waals surface area contributed by atoms with Gasteiger partial charge in [0.2, 0.25) is 0 Å². The van der Waals surface area contributed by atoms with Crippen LogP contribution < -0.4 is 0 Å². The summed E-state index contributed by atoms with van der Waals surface area (Å²) < 4.78 is 38.9. The zero-order valence-corrected chi connectivity index (χ0v) is 20.8. The van der Waals surface area contributed by atoms with Crippen molar-refractivity contribution in [2.45, 2.75) is 58.5 Å². The minimum absolute atomic E-state index is 0.572. The van der Waals surface area contributed by atoms with Gasteiger partial charge in [0.1, 0.15) is 0 Å². The van der Waals surface area contributed by atoms with E-state index in [0.717, 1.165) is 63.4 Å². The van der Waals surface area contributed by atoms with E-state index in [2.05, 4.69) is 43.0 Å². The monoisotopic (exact) mass is 505 g/mol. The average molecular weight is 506 g/mol. The van der Waals surface area contributed by atoms with Crippen LogP contribution in [0.5, 0.6) is 0 Å². The van der Waals surface area contributed by atoms with Gasteiger partial charge in [0.25, 0.3) is 0 Å². The Hall–Kier alpha value is -3.13. The summed E-state index contributed by atoms with van der Waals surface area (Å²) in [5.41, 5.74) is 5.49. The van der Waals surface area contributed by atoms with Gasteiger partial charge in [-0.15, -0.1) is 0 Å². The number of halogens is 3. The zero-order valence-electron chi connectivity index (χ0n) is 20.8. The third kappa shape index (κ3) is 9.15. The Morgan fingerprint density at radius 3 is 2.14 bits per heavy atom. The number of carboxylic acid groups (broad SMARTS) is 2. The Morgan fingerprint density at radius 1 is 0.917 bits per heavy atom. The molecule has 0 spiro atoms. The summed E-state index contributed by atoms with van der Waals surface area (Å²) in [6, 6.07) is 12.6. The molecular weight excluding hydrogens is 471 g/mol. The van der Waals surface area contributed by atoms with Gasteiger partial charge in [-0.25, -0.2) is 9.59 Å². The van der Waals surface area contributed by atoms with Crippen LogP contribution in [0.3, 0.4) is 0 Å². The van der Waals surface area contributed by atoms with E-state index in [9.17, 15) is 13.2 Å². The Labute approximate surface area is 210 Å². The lowest BCUT2D eigenvalue weighted by Gasteiger charge is -2.27. The van der Waals surface area contributed by atoms with Crippen LogP contribution in [0.4, 0.5) is 13.2 Å². The van der Waals surface area contributed by atoms with Gasteiger partial charge < -0.3 is 10.2 Å². The number of rotatable bonds is 8. The number of aryl methyl sites for hydroxylation is 2. The quantitative estimate of drug-likeness (QED) is 0.424. The summed E-state index contributed by atoms with van der Waals surface area (Å²) in [6.45, 7) is 7.11. The van der Waals surface area contributed by atoms with Gasteiger partial charge in [0, 0.05) is 19.6 Å². The van der Waals surface area contributed by atoms with Gasteiger partial charge >= 0.3 is 18.1 Å². The maximum atomic E-state index is 13.0. The van der Waals surface area contributed by atoms with E-state index in [1.54, 1.807) is 6.07 Å². The smallest absolute Gasteiger partial charge is 0.416 e. The number of nitrogens with zero attached hydrogens (tertiary/aromatic N) is 1. The second-order valence-electron chi connectivity index (χ2n) is 8.82. The van der Waals surface area contributed by atoms with E-state index < -0.39 is 23.7 Å². The number of hydrogen-bond acceptors (Lipinski definition) is 3. The van der Waals surface area contributed by atoms with Crippen LogP contribution in [-0.2, 0) is 35.0 Å². The van der Waals surface area contributed by atoms with Crippen LogP contribution >= 0.6 is 0 Å². The third-order valence-corrected chi connectivity index (χ3v) is 6.06. The van der Waals surface area contributed by atoms with E-state index in [1.165, 1.54) is 35.2 Å². The van der Waals surface area contributed by atoms with Crippen molar-refractivity contribution >= 4 is 17.5 Å². The lowest BCUT2D eigenvalue weighted by Crippen LogP contribution is -2.30. The second kappa shape index (κ2) is 13.8. The maximum absolute atomic E-state index is 13.0. The fourth-order valence-corrected chi connectivity index (χ4v) is 4.21. The minimum Gasteiger partial charge on any atom is -0.473 e. The van der Waals surface area contributed by atoms with E-state index in [4.69, 9.17) is 19.8 Å². The molecule has 196 valence electrons. The van der Waals surface area contributed by atoms with Crippen molar-refractivity contribution < 1.29 is 33.0 Å². The molecule has 1 aliphatic heterocycles. The Bertz CT molecular complexity index is 1050. The molecule has 2 N–H and O–H groups in total. The molecule has 0 unspecified atom stereocenters. The molecule has 2 aromatic carbocycles. The number of aliphatic carboxylic acids is 2. The van der Waals surface area contributed by atoms with Gasteiger partial charge in [0.15, 0.2) is 0 Å². The molecule has 36 heavy (non-hydrogen) atoms. The summed E-state index contributed by atoms with van der Waals surface area (Å²) in [5.74, 6) is -3.65. The lowest BCUT2D eigenvalue weighted by atomic mass is 9.95. The van der Waals surface area contributed by atoms with Crippen molar-refractivity contribution in [2.75, 3.05) is 19.6 Å². The fraction of sp³-hybridized carbons (Fsp3) is 0.429. The fourth-order valence-electron chi connectivity index (χ4n) is 4.21. The molecule has 1 heterocycles. The third-order valence-electron chi connectivity index (χ3n) is 6.06. The van der Waals surface area contributed by atoms with Gasteiger partial charge in [-0.3, -0.25) is 4.90 Å². The van der Waals surface area contributed by atoms with Crippen molar-refractivity contribution in [2.24, 2.45) is 0 Å². The average Bonchev–Trinajstić information content (AvgIpc) is 2.84. The SMILES string of the molecule is CCCc1ccc(CCN2CC=C(c3cccc(C(F)(F)F)c3)CC2)cc1CCC.O=C(O)C(=O)O. The van der Waals surface area contributed by atoms with Gasteiger partial charge in [-0.1, -0.05) is 63.1 Å². The van der Waals surface area contributed by atoms with Crippen molar-refractivity contribution in [3.05, 3.63) is 76.4 Å². The predicted molar refractivity (Wildman–Crippen MR) is 134 cm³/mol. The topological polar surface area (TPSA) is 77.8 Å². The first kappa shape index (κ1) is 29.1. The number of carbonyl (C=O) groups is 2. The number of alkyl halides is 3. The van der Waals surface area contributed by atoms with Crippen LogP contribution in [0, 0.1) is 0 Å². The number of benzene rings is 2. The van der Waals surface area contributed by atoms with E-state index in [0.29, 0.717) is 5.56 Å². The second-order valence-corrected chi connectivity index (χ2v) is 8.82. The van der Waals surface area contributed by atoms with Gasteiger partial charge in [0.05, 0.1) is 5.56 Å². The molecule has 5 nitrogen and oxygen atoms in total. The van der Waals surface area contributed by atoms with Crippen LogP contribution in [0.25, 0.3) is 5.57 Å². The first-order valence-electron chi connectivity index (χ1n) is 12.2. The highest BCUT2D eigenvalue weighted by Crippen LogP contribution is 2.32. The Morgan fingerprint density at radius 2 is 1.58 bits per heavy atom. The molecule has 0 saturated carbocycles. The van der Waals surface area contributed by atoms with Crippen molar-refractivity contribution in [1.29, 1.82) is 0 Å². The zero-order chi connectivity index (χ0) is 26.7. The van der Waals surface area contributed by atoms with Crippen molar-refractivity contribution in [3.8, 4) is 0 Å². The van der Waals surface area contributed by atoms with E-state index in [1.807, 2.05) is 0 Å². The summed E-state index contributed by atoms with van der Waals surface area (Å²) in [5, 5.41) is 14.8. The molecular formula is C28H34F3NO4. The normalized spacial score (nSPS) is 14.0. The van der Waals surface area contributed by atoms with Crippen LogP contribution in [0.2, 0.25) is 0 Å². The van der Waals surface area contributed by atoms with Crippen molar-refractivity contribution in [3.63, 3.8) is 0 Å². The summed E-state index contributed by atoms with van der Waals surface area (Å²) in [7, 11) is 0. The van der Waals surface area contributed by atoms with E-state index >= 15 is 0 Å². The lowest BCUT2D eigenvalue weighted by molar-refractivity contribution is -0.159. The molecule has 2 aromatic rings. The molecule has 0 saturated heterocycles. The molecule has 1 aliphatic rings. The van der Waals surface area contributed by atoms with Crippen molar-refractivity contribution in [1.82, 2.24) is 4.90 Å². The maximum Gasteiger partial charge on any atom is 0.416 e. The first-order valence-corrected chi connectivity index (χ1v) is 12.2. The molecule has 3 rings (SSSR count). The summed E-state index contributed by atoms with van der Waals surface area (Å²) >= 11 is 0. The first-order chi connectivity index (χ1) is 17.0. The van der Waals surface area contributed by atoms with Crippen LogP contribution in [0.15, 0.2) is 48.5 Å². The summed E-state index contributed by atoms with van der Waals surface area (Å²) in [4.78, 5) is 20.6. The standard InChI is InChI=1S/C26H32F3N.C2H2O4/c1-3-6-21-11-10-20(18-23(21)7-4-2)12-15-30-16-13-22(14-17-30)24-8-5-9-25(19-24)26(27,28)29;3-1(4)2(5)6/h5,8-11,13,18-19H,3-4,6-7,12,14-17H2,1-2H3;(H,3,4)(H,5,6). The largest absolute Gasteiger partial charge is 0.473 e. The molecule has 0 aromatic heterocycles. The van der Waals surface area contributed by atoms with Crippen LogP contribution in [0.1, 0.15) is 60.9 Å². The predicted octanol–water partition coefficient (Wildman–Crippen LogP) is 6.10. The highest BCUT2D eigenvalue weighted by Gasteiger charge is 2.30. The molecule has 8 heteroatoms. The summed E-state index contributed by atoms with van der Waals surface area (Å²) in [6.07, 6.45) is 4.21. The molecule has 0 amide bonds. The molecule has 0 atom stereocenters. The Balaban J connectivity index is 0.000000678. The highest BCUT2D eigenvalue weighted by atomic mass is 19.4. The molecule has 0 bridgehead atoms. The highest BCUT2D eigenvalue weighted by molar-refractivity contribution is 6.27. The van der Waals surface area contributed by atoms with E-state index in [-0.39, 0.29) is 0 Å². The minimum atomic E-state index is -4.29. The number of hydrogen-bond donors (Lipinski definition) is 2. The molecule has 0 radical (unpaired) electrons. The van der Waals surface area contributed by atoms with Gasteiger partial charge in [-0.2, -0.15) is 13.2 Å². The molecule has 0 fully saturated rings. The number of carboxylic acids is 2. The Kier molecular flexibility index (Phi) is 11.2. The molecule has 0 aliphatic carbocycles. The van der Waals surface area contributed by atoms with Gasteiger partial charge in [-0.05, 0) is 65.6 Å². The van der Waals surface area contributed by atoms with Crippen LogP contribution in [-0.4, -0.2) is 46.7 Å².